The lowest BCUT2D eigenvalue weighted by atomic mass is 9.74. The molecule has 5 nitrogen and oxygen atoms in total. The lowest BCUT2D eigenvalue weighted by Gasteiger charge is -2.39. The second-order valence-electron chi connectivity index (χ2n) is 6.86. The van der Waals surface area contributed by atoms with Gasteiger partial charge >= 0.3 is 6.61 Å². The van der Waals surface area contributed by atoms with Crippen LogP contribution < -0.4 is 15.2 Å². The lowest BCUT2D eigenvalue weighted by molar-refractivity contribution is -0.138. The van der Waals surface area contributed by atoms with E-state index in [2.05, 4.69) is 4.74 Å². The Hall–Kier alpha value is -1.60. The zero-order valence-electron chi connectivity index (χ0n) is 15.3. The maximum absolute atomic E-state index is 12.8. The van der Waals surface area contributed by atoms with Crippen molar-refractivity contribution in [2.45, 2.75) is 51.3 Å². The second kappa shape index (κ2) is 9.37. The van der Waals surface area contributed by atoms with Crippen molar-refractivity contribution in [1.29, 1.82) is 0 Å². The van der Waals surface area contributed by atoms with E-state index in [0.29, 0.717) is 5.56 Å². The molecule has 2 atom stereocenters. The highest BCUT2D eigenvalue weighted by Gasteiger charge is 2.39. The molecule has 1 aromatic rings. The number of alkyl halides is 2. The fraction of sp³-hybridized carbons (Fsp3) is 0.611. The predicted molar refractivity (Wildman–Crippen MR) is 97.9 cm³/mol. The van der Waals surface area contributed by atoms with Gasteiger partial charge < -0.3 is 20.1 Å². The van der Waals surface area contributed by atoms with Crippen LogP contribution in [0.4, 0.5) is 8.78 Å². The molecule has 0 spiro atoms. The number of nitrogens with two attached hydrogens (primary N) is 1. The van der Waals surface area contributed by atoms with Crippen molar-refractivity contribution < 1.29 is 23.0 Å². The highest BCUT2D eigenvalue weighted by atomic mass is 35.5. The van der Waals surface area contributed by atoms with Crippen molar-refractivity contribution in [3.63, 3.8) is 0 Å². The molecule has 2 N–H and O–H groups in total. The first kappa shape index (κ1) is 22.4. The van der Waals surface area contributed by atoms with Gasteiger partial charge in [0.25, 0.3) is 0 Å². The van der Waals surface area contributed by atoms with Gasteiger partial charge in [0.15, 0.2) is 11.5 Å². The molecule has 0 aliphatic heterocycles. The second-order valence-corrected chi connectivity index (χ2v) is 6.86. The molecule has 0 radical (unpaired) electrons. The summed E-state index contributed by atoms with van der Waals surface area (Å²) in [6.07, 6.45) is 3.63. The summed E-state index contributed by atoms with van der Waals surface area (Å²) in [6, 6.07) is 4.75. The third kappa shape index (κ3) is 5.45. The summed E-state index contributed by atoms with van der Waals surface area (Å²) in [7, 11) is 3.08. The van der Waals surface area contributed by atoms with E-state index in [1.807, 2.05) is 6.92 Å². The SMILES string of the molecule is COc1ccc(CN(C)C(=O)C2CCCCC2(C)N)cc1OC(F)F.Cl. The Bertz CT molecular complexity index is 614. The molecular formula is C18H27ClF2N2O3. The average molecular weight is 393 g/mol. The predicted octanol–water partition coefficient (Wildman–Crippen LogP) is 3.58. The number of benzene rings is 1. The lowest BCUT2D eigenvalue weighted by Crippen LogP contribution is -2.53. The Labute approximate surface area is 159 Å². The number of carbonyl (C=O) groups is 1. The van der Waals surface area contributed by atoms with Crippen LogP contribution in [0.5, 0.6) is 11.5 Å². The average Bonchev–Trinajstić information content (AvgIpc) is 2.53. The fourth-order valence-corrected chi connectivity index (χ4v) is 3.39. The van der Waals surface area contributed by atoms with Crippen LogP contribution in [0, 0.1) is 5.92 Å². The molecule has 0 bridgehead atoms. The van der Waals surface area contributed by atoms with Crippen molar-refractivity contribution in [2.24, 2.45) is 11.7 Å². The van der Waals surface area contributed by atoms with Gasteiger partial charge in [0.1, 0.15) is 0 Å². The number of ether oxygens (including phenoxy) is 2. The number of amides is 1. The van der Waals surface area contributed by atoms with Crippen molar-refractivity contribution in [2.75, 3.05) is 14.2 Å². The normalized spacial score (nSPS) is 22.5. The molecule has 1 fully saturated rings. The number of methoxy groups -OCH3 is 1. The third-order valence-corrected chi connectivity index (χ3v) is 4.79. The topological polar surface area (TPSA) is 64.8 Å². The summed E-state index contributed by atoms with van der Waals surface area (Å²) in [4.78, 5) is 14.4. The van der Waals surface area contributed by atoms with Crippen LogP contribution in [-0.4, -0.2) is 37.1 Å². The highest BCUT2D eigenvalue weighted by Crippen LogP contribution is 2.34. The molecule has 2 unspecified atom stereocenters. The maximum atomic E-state index is 12.8. The van der Waals surface area contributed by atoms with Gasteiger partial charge in [-0.25, -0.2) is 0 Å². The summed E-state index contributed by atoms with van der Waals surface area (Å²) < 4.78 is 34.6. The molecule has 1 amide bonds. The van der Waals surface area contributed by atoms with E-state index in [1.54, 1.807) is 24.1 Å². The van der Waals surface area contributed by atoms with Gasteiger partial charge in [-0.05, 0) is 37.5 Å². The molecule has 26 heavy (non-hydrogen) atoms. The third-order valence-electron chi connectivity index (χ3n) is 4.79. The minimum absolute atomic E-state index is 0. The summed E-state index contributed by atoms with van der Waals surface area (Å²) in [5.41, 5.74) is 6.48. The van der Waals surface area contributed by atoms with Crippen molar-refractivity contribution >= 4 is 18.3 Å². The van der Waals surface area contributed by atoms with Gasteiger partial charge in [-0.15, -0.1) is 12.4 Å². The highest BCUT2D eigenvalue weighted by molar-refractivity contribution is 5.85. The van der Waals surface area contributed by atoms with Crippen molar-refractivity contribution in [3.8, 4) is 11.5 Å². The van der Waals surface area contributed by atoms with Crippen LogP contribution in [0.1, 0.15) is 38.2 Å². The van der Waals surface area contributed by atoms with Crippen molar-refractivity contribution in [1.82, 2.24) is 4.90 Å². The van der Waals surface area contributed by atoms with Gasteiger partial charge in [0.2, 0.25) is 5.91 Å². The Balaban J connectivity index is 0.00000338. The van der Waals surface area contributed by atoms with Gasteiger partial charge in [-0.1, -0.05) is 18.9 Å². The number of carbonyl (C=O) groups excluding carboxylic acids is 1. The zero-order chi connectivity index (χ0) is 18.6. The zero-order valence-corrected chi connectivity index (χ0v) is 16.2. The molecule has 0 aromatic heterocycles. The van der Waals surface area contributed by atoms with E-state index < -0.39 is 12.2 Å². The molecule has 1 saturated carbocycles. The van der Waals surface area contributed by atoms with Crippen LogP contribution in [0.25, 0.3) is 0 Å². The van der Waals surface area contributed by atoms with Crippen LogP contribution in [0.3, 0.4) is 0 Å². The number of nitrogens with zero attached hydrogens (tertiary/aromatic N) is 1. The molecule has 1 aliphatic carbocycles. The van der Waals surface area contributed by atoms with Gasteiger partial charge in [0.05, 0.1) is 13.0 Å². The van der Waals surface area contributed by atoms with Crippen LogP contribution >= 0.6 is 12.4 Å². The minimum atomic E-state index is -2.94. The van der Waals surface area contributed by atoms with E-state index in [0.717, 1.165) is 25.7 Å². The largest absolute Gasteiger partial charge is 0.493 e. The standard InChI is InChI=1S/C18H26F2N2O3.ClH/c1-18(21)9-5-4-6-13(18)16(23)22(2)11-12-7-8-14(24-3)15(10-12)25-17(19)20;/h7-8,10,13,17H,4-6,9,11,21H2,1-3H3;1H. The molecule has 1 aliphatic rings. The van der Waals surface area contributed by atoms with E-state index in [9.17, 15) is 13.6 Å². The molecule has 0 heterocycles. The fourth-order valence-electron chi connectivity index (χ4n) is 3.39. The summed E-state index contributed by atoms with van der Waals surface area (Å²) in [5.74, 6) is -0.0600. The van der Waals surface area contributed by atoms with E-state index in [4.69, 9.17) is 10.5 Å². The monoisotopic (exact) mass is 392 g/mol. The molecule has 148 valence electrons. The molecule has 0 saturated heterocycles. The molecule has 8 heteroatoms. The van der Waals surface area contributed by atoms with Gasteiger partial charge in [-0.2, -0.15) is 8.78 Å². The number of hydrogen-bond donors (Lipinski definition) is 1. The van der Waals surface area contributed by atoms with Crippen LogP contribution in [-0.2, 0) is 11.3 Å². The van der Waals surface area contributed by atoms with E-state index in [-0.39, 0.29) is 42.3 Å². The first-order valence-electron chi connectivity index (χ1n) is 8.40. The Morgan fingerprint density at radius 1 is 1.38 bits per heavy atom. The van der Waals surface area contributed by atoms with Crippen molar-refractivity contribution in [3.05, 3.63) is 23.8 Å². The first-order valence-corrected chi connectivity index (χ1v) is 8.40. The van der Waals surface area contributed by atoms with Crippen LogP contribution in [0.15, 0.2) is 18.2 Å². The Kier molecular flexibility index (Phi) is 8.09. The molecular weight excluding hydrogens is 366 g/mol. The Morgan fingerprint density at radius 2 is 2.08 bits per heavy atom. The Morgan fingerprint density at radius 3 is 2.65 bits per heavy atom. The van der Waals surface area contributed by atoms with Crippen LogP contribution in [0.2, 0.25) is 0 Å². The van der Waals surface area contributed by atoms with E-state index in [1.165, 1.54) is 13.2 Å². The first-order chi connectivity index (χ1) is 11.7. The summed E-state index contributed by atoms with van der Waals surface area (Å²) in [6.45, 7) is -0.733. The summed E-state index contributed by atoms with van der Waals surface area (Å²) in [5, 5.41) is 0. The quantitative estimate of drug-likeness (QED) is 0.803. The smallest absolute Gasteiger partial charge is 0.387 e. The minimum Gasteiger partial charge on any atom is -0.493 e. The van der Waals surface area contributed by atoms with E-state index >= 15 is 0 Å². The number of halogens is 3. The number of rotatable bonds is 6. The molecule has 2 rings (SSSR count). The maximum Gasteiger partial charge on any atom is 0.387 e. The number of hydrogen-bond acceptors (Lipinski definition) is 4. The molecule has 1 aromatic carbocycles. The van der Waals surface area contributed by atoms with Gasteiger partial charge in [-0.3, -0.25) is 4.79 Å². The van der Waals surface area contributed by atoms with Gasteiger partial charge in [0, 0.05) is 19.1 Å². The summed E-state index contributed by atoms with van der Waals surface area (Å²) >= 11 is 0.